The monoisotopic (exact) mass is 447 g/mol. The van der Waals surface area contributed by atoms with Gasteiger partial charge in [-0.1, -0.05) is 24.3 Å². The molecule has 0 aromatic heterocycles. The molecule has 2 rings (SSSR count). The molecule has 1 atom stereocenters. The molecule has 1 unspecified atom stereocenters. The smallest absolute Gasteiger partial charge is 0.191 e. The molecule has 0 amide bonds. The fourth-order valence-electron chi connectivity index (χ4n) is 2.44. The standard InChI is InChI=1S/C18H29N3O2.HI/c1-14(2)23-13-16-8-6-15(7-9-16)11-20-18(19-3)21-12-17-5-4-10-22-17;/h6-9,14,17H,4-5,10-13H2,1-3H3,(H2,19,20,21);1H. The van der Waals surface area contributed by atoms with Gasteiger partial charge in [0, 0.05) is 26.7 Å². The molecule has 6 heteroatoms. The Kier molecular flexibility index (Phi) is 10.3. The largest absolute Gasteiger partial charge is 0.376 e. The average molecular weight is 447 g/mol. The number of hydrogen-bond acceptors (Lipinski definition) is 3. The van der Waals surface area contributed by atoms with Crippen LogP contribution in [0.15, 0.2) is 29.3 Å². The molecule has 0 aliphatic carbocycles. The fraction of sp³-hybridized carbons (Fsp3) is 0.611. The van der Waals surface area contributed by atoms with Gasteiger partial charge in [-0.25, -0.2) is 0 Å². The maximum absolute atomic E-state index is 5.61. The molecule has 5 nitrogen and oxygen atoms in total. The maximum Gasteiger partial charge on any atom is 0.191 e. The second-order valence-electron chi connectivity index (χ2n) is 6.12. The number of guanidine groups is 1. The lowest BCUT2D eigenvalue weighted by molar-refractivity contribution is 0.0657. The van der Waals surface area contributed by atoms with Crippen molar-refractivity contribution < 1.29 is 9.47 Å². The van der Waals surface area contributed by atoms with Crippen LogP contribution in [-0.4, -0.2) is 38.4 Å². The van der Waals surface area contributed by atoms with Crippen LogP contribution in [0, 0.1) is 0 Å². The predicted octanol–water partition coefficient (Wildman–Crippen LogP) is 3.07. The second-order valence-corrected chi connectivity index (χ2v) is 6.12. The van der Waals surface area contributed by atoms with Crippen LogP contribution in [0.4, 0.5) is 0 Å². The van der Waals surface area contributed by atoms with E-state index >= 15 is 0 Å². The van der Waals surface area contributed by atoms with Crippen molar-refractivity contribution in [3.8, 4) is 0 Å². The van der Waals surface area contributed by atoms with Crippen molar-refractivity contribution in [2.24, 2.45) is 4.99 Å². The summed E-state index contributed by atoms with van der Waals surface area (Å²) < 4.78 is 11.2. The van der Waals surface area contributed by atoms with E-state index in [1.807, 2.05) is 13.8 Å². The number of nitrogens with zero attached hydrogens (tertiary/aromatic N) is 1. The summed E-state index contributed by atoms with van der Waals surface area (Å²) in [6.45, 7) is 7.20. The first kappa shape index (κ1) is 21.2. The third kappa shape index (κ3) is 7.81. The topological polar surface area (TPSA) is 54.9 Å². The molecule has 0 radical (unpaired) electrons. The highest BCUT2D eigenvalue weighted by Crippen LogP contribution is 2.10. The Morgan fingerprint density at radius 3 is 2.54 bits per heavy atom. The van der Waals surface area contributed by atoms with E-state index < -0.39 is 0 Å². The van der Waals surface area contributed by atoms with Crippen molar-refractivity contribution >= 4 is 29.9 Å². The molecule has 24 heavy (non-hydrogen) atoms. The van der Waals surface area contributed by atoms with E-state index in [1.54, 1.807) is 7.05 Å². The molecule has 0 spiro atoms. The Labute approximate surface area is 162 Å². The minimum atomic E-state index is 0. The highest BCUT2D eigenvalue weighted by molar-refractivity contribution is 14.0. The lowest BCUT2D eigenvalue weighted by Gasteiger charge is -2.15. The number of aliphatic imine (C=N–C) groups is 1. The van der Waals surface area contributed by atoms with Crippen molar-refractivity contribution in [2.75, 3.05) is 20.2 Å². The minimum Gasteiger partial charge on any atom is -0.376 e. The molecule has 1 aliphatic heterocycles. The summed E-state index contributed by atoms with van der Waals surface area (Å²) in [6, 6.07) is 8.47. The van der Waals surface area contributed by atoms with Crippen molar-refractivity contribution in [1.82, 2.24) is 10.6 Å². The molecular formula is C18H30IN3O2. The number of hydrogen-bond donors (Lipinski definition) is 2. The predicted molar refractivity (Wildman–Crippen MR) is 109 cm³/mol. The Morgan fingerprint density at radius 2 is 1.96 bits per heavy atom. The lowest BCUT2D eigenvalue weighted by atomic mass is 10.1. The van der Waals surface area contributed by atoms with Crippen LogP contribution < -0.4 is 10.6 Å². The van der Waals surface area contributed by atoms with Crippen molar-refractivity contribution in [3.05, 3.63) is 35.4 Å². The van der Waals surface area contributed by atoms with Gasteiger partial charge in [-0.2, -0.15) is 0 Å². The van der Waals surface area contributed by atoms with E-state index in [0.29, 0.717) is 12.7 Å². The van der Waals surface area contributed by atoms with Gasteiger partial charge in [-0.15, -0.1) is 24.0 Å². The summed E-state index contributed by atoms with van der Waals surface area (Å²) in [4.78, 5) is 4.25. The molecule has 0 saturated carbocycles. The average Bonchev–Trinajstić information content (AvgIpc) is 3.07. The first-order valence-corrected chi connectivity index (χ1v) is 8.43. The summed E-state index contributed by atoms with van der Waals surface area (Å²) >= 11 is 0. The zero-order chi connectivity index (χ0) is 16.5. The van der Waals surface area contributed by atoms with Gasteiger partial charge in [0.25, 0.3) is 0 Å². The normalized spacial score (nSPS) is 17.7. The van der Waals surface area contributed by atoms with E-state index in [9.17, 15) is 0 Å². The molecule has 1 aliphatic rings. The summed E-state index contributed by atoms with van der Waals surface area (Å²) in [7, 11) is 1.79. The van der Waals surface area contributed by atoms with Crippen LogP contribution in [0.5, 0.6) is 0 Å². The van der Waals surface area contributed by atoms with Crippen LogP contribution in [0.1, 0.15) is 37.8 Å². The molecule has 1 saturated heterocycles. The van der Waals surface area contributed by atoms with E-state index in [1.165, 1.54) is 11.1 Å². The van der Waals surface area contributed by atoms with Crippen LogP contribution in [0.2, 0.25) is 0 Å². The zero-order valence-electron chi connectivity index (χ0n) is 14.9. The summed E-state index contributed by atoms with van der Waals surface area (Å²) in [5.74, 6) is 0.813. The number of ether oxygens (including phenoxy) is 2. The molecule has 1 heterocycles. The zero-order valence-corrected chi connectivity index (χ0v) is 17.2. The molecule has 0 bridgehead atoms. The third-order valence-electron chi connectivity index (χ3n) is 3.81. The van der Waals surface area contributed by atoms with E-state index in [-0.39, 0.29) is 30.1 Å². The minimum absolute atomic E-state index is 0. The van der Waals surface area contributed by atoms with Crippen molar-refractivity contribution in [1.29, 1.82) is 0 Å². The van der Waals surface area contributed by atoms with E-state index in [0.717, 1.165) is 38.5 Å². The number of nitrogens with one attached hydrogen (secondary N) is 2. The number of benzene rings is 1. The van der Waals surface area contributed by atoms with Gasteiger partial charge >= 0.3 is 0 Å². The highest BCUT2D eigenvalue weighted by Gasteiger charge is 2.15. The molecule has 1 fully saturated rings. The highest BCUT2D eigenvalue weighted by atomic mass is 127. The molecule has 136 valence electrons. The van der Waals surface area contributed by atoms with Crippen LogP contribution in [-0.2, 0) is 22.6 Å². The van der Waals surface area contributed by atoms with Gasteiger partial charge in [-0.3, -0.25) is 4.99 Å². The van der Waals surface area contributed by atoms with Crippen LogP contribution in [0.25, 0.3) is 0 Å². The lowest BCUT2D eigenvalue weighted by Crippen LogP contribution is -2.40. The summed E-state index contributed by atoms with van der Waals surface area (Å²) in [5, 5.41) is 6.65. The maximum atomic E-state index is 5.61. The van der Waals surface area contributed by atoms with Gasteiger partial charge in [0.15, 0.2) is 5.96 Å². The van der Waals surface area contributed by atoms with Gasteiger partial charge in [0.2, 0.25) is 0 Å². The van der Waals surface area contributed by atoms with Crippen LogP contribution >= 0.6 is 24.0 Å². The Bertz CT molecular complexity index is 486. The quantitative estimate of drug-likeness (QED) is 0.383. The molecule has 2 N–H and O–H groups in total. The Hall–Kier alpha value is -0.860. The second kappa shape index (κ2) is 11.7. The number of rotatable bonds is 7. The first-order valence-electron chi connectivity index (χ1n) is 8.43. The van der Waals surface area contributed by atoms with E-state index in [2.05, 4.69) is 39.9 Å². The van der Waals surface area contributed by atoms with Gasteiger partial charge < -0.3 is 20.1 Å². The first-order chi connectivity index (χ1) is 11.2. The van der Waals surface area contributed by atoms with E-state index in [4.69, 9.17) is 9.47 Å². The van der Waals surface area contributed by atoms with Crippen LogP contribution in [0.3, 0.4) is 0 Å². The SMILES string of the molecule is CN=C(NCc1ccc(COC(C)C)cc1)NCC1CCCO1.I. The Morgan fingerprint density at radius 1 is 1.25 bits per heavy atom. The molecule has 1 aromatic carbocycles. The van der Waals surface area contributed by atoms with Gasteiger partial charge in [0.05, 0.1) is 18.8 Å². The summed E-state index contributed by atoms with van der Waals surface area (Å²) in [5.41, 5.74) is 2.42. The van der Waals surface area contributed by atoms with Crippen molar-refractivity contribution in [2.45, 2.75) is 52.0 Å². The van der Waals surface area contributed by atoms with Gasteiger partial charge in [0.1, 0.15) is 0 Å². The molecular weight excluding hydrogens is 417 g/mol. The molecule has 1 aromatic rings. The third-order valence-corrected chi connectivity index (χ3v) is 3.81. The van der Waals surface area contributed by atoms with Crippen molar-refractivity contribution in [3.63, 3.8) is 0 Å². The Balaban J connectivity index is 0.00000288. The number of halogens is 1. The fourth-order valence-corrected chi connectivity index (χ4v) is 2.44. The summed E-state index contributed by atoms with van der Waals surface area (Å²) in [6.07, 6.45) is 2.86. The van der Waals surface area contributed by atoms with Gasteiger partial charge in [-0.05, 0) is 37.8 Å².